The van der Waals surface area contributed by atoms with E-state index in [4.69, 9.17) is 0 Å². The first-order valence-electron chi connectivity index (χ1n) is 7.76. The zero-order valence-electron chi connectivity index (χ0n) is 13.2. The summed E-state index contributed by atoms with van der Waals surface area (Å²) in [5.74, 6) is -3.41. The summed E-state index contributed by atoms with van der Waals surface area (Å²) in [6, 6.07) is 1.13. The van der Waals surface area contributed by atoms with Gasteiger partial charge in [-0.15, -0.1) is 0 Å². The molecule has 3 N–H and O–H groups in total. The minimum Gasteiger partial charge on any atom is -0.388 e. The van der Waals surface area contributed by atoms with Gasteiger partial charge in [-0.3, -0.25) is 9.59 Å². The van der Waals surface area contributed by atoms with Crippen LogP contribution in [0.25, 0.3) is 0 Å². The molecule has 6 nitrogen and oxygen atoms in total. The highest BCUT2D eigenvalue weighted by Crippen LogP contribution is 2.23. The molecule has 1 aromatic carbocycles. The van der Waals surface area contributed by atoms with Crippen LogP contribution in [0.5, 0.6) is 0 Å². The summed E-state index contributed by atoms with van der Waals surface area (Å²) < 4.78 is 26.8. The Morgan fingerprint density at radius 2 is 2.04 bits per heavy atom. The van der Waals surface area contributed by atoms with Crippen molar-refractivity contribution < 1.29 is 28.6 Å². The number of aliphatic hydroxyl groups is 2. The fourth-order valence-electron chi connectivity index (χ4n) is 2.63. The molecule has 0 radical (unpaired) electrons. The maximum Gasteiger partial charge on any atom is 0.257 e. The quantitative estimate of drug-likeness (QED) is 0.677. The van der Waals surface area contributed by atoms with Crippen LogP contribution in [0.4, 0.5) is 8.78 Å². The number of amides is 2. The molecule has 0 bridgehead atoms. The number of rotatable bonds is 5. The highest BCUT2D eigenvalue weighted by Gasteiger charge is 2.46. The first-order chi connectivity index (χ1) is 11.4. The molecule has 1 aromatic rings. The minimum absolute atomic E-state index is 0.317. The Morgan fingerprint density at radius 1 is 1.33 bits per heavy atom. The molecule has 8 heteroatoms. The number of nitrogens with zero attached hydrogens (tertiary/aromatic N) is 1. The largest absolute Gasteiger partial charge is 0.388 e. The SMILES string of the molecule is CCCCNC(=O)C1[C@H](O)[C@@H](O)CN1C(=O)c1ccc(F)cc1F. The fourth-order valence-corrected chi connectivity index (χ4v) is 2.63. The van der Waals surface area contributed by atoms with E-state index in [2.05, 4.69) is 5.32 Å². The molecule has 3 atom stereocenters. The van der Waals surface area contributed by atoms with Gasteiger partial charge in [-0.05, 0) is 18.6 Å². The molecule has 1 aliphatic heterocycles. The molecule has 132 valence electrons. The molecule has 24 heavy (non-hydrogen) atoms. The summed E-state index contributed by atoms with van der Waals surface area (Å²) in [7, 11) is 0. The van der Waals surface area contributed by atoms with Gasteiger partial charge in [0, 0.05) is 12.6 Å². The summed E-state index contributed by atoms with van der Waals surface area (Å²) in [6.45, 7) is 1.98. The highest BCUT2D eigenvalue weighted by atomic mass is 19.1. The Balaban J connectivity index is 2.22. The number of unbranched alkanes of at least 4 members (excludes halogenated alkanes) is 1. The van der Waals surface area contributed by atoms with Crippen LogP contribution in [-0.2, 0) is 4.79 Å². The number of likely N-dealkylation sites (tertiary alicyclic amines) is 1. The van der Waals surface area contributed by atoms with E-state index in [1.165, 1.54) is 0 Å². The predicted octanol–water partition coefficient (Wildman–Crippen LogP) is 0.427. The van der Waals surface area contributed by atoms with Crippen molar-refractivity contribution in [2.45, 2.75) is 38.0 Å². The highest BCUT2D eigenvalue weighted by molar-refractivity contribution is 5.98. The summed E-state index contributed by atoms with van der Waals surface area (Å²) in [6.07, 6.45) is -1.23. The van der Waals surface area contributed by atoms with E-state index in [1.807, 2.05) is 6.92 Å². The molecule has 2 amide bonds. The Morgan fingerprint density at radius 3 is 2.67 bits per heavy atom. The Hall–Kier alpha value is -2.06. The zero-order chi connectivity index (χ0) is 17.9. The third-order valence-corrected chi connectivity index (χ3v) is 3.96. The fraction of sp³-hybridized carbons (Fsp3) is 0.500. The van der Waals surface area contributed by atoms with Gasteiger partial charge in [0.05, 0.1) is 12.1 Å². The van der Waals surface area contributed by atoms with Crippen molar-refractivity contribution in [2.75, 3.05) is 13.1 Å². The number of carbonyl (C=O) groups is 2. The van der Waals surface area contributed by atoms with Gasteiger partial charge in [0.2, 0.25) is 5.91 Å². The van der Waals surface area contributed by atoms with Crippen molar-refractivity contribution in [1.29, 1.82) is 0 Å². The molecule has 1 saturated heterocycles. The molecule has 2 rings (SSSR count). The summed E-state index contributed by atoms with van der Waals surface area (Å²) in [5, 5.41) is 22.4. The lowest BCUT2D eigenvalue weighted by atomic mass is 10.1. The first kappa shape index (κ1) is 18.3. The number of hydrogen-bond acceptors (Lipinski definition) is 4. The number of hydrogen-bond donors (Lipinski definition) is 3. The number of β-amino-alcohol motifs (C(OH)–C–C–N with tert-alkyl or cyclic N) is 1. The van der Waals surface area contributed by atoms with Gasteiger partial charge in [0.15, 0.2) is 0 Å². The van der Waals surface area contributed by atoms with Gasteiger partial charge < -0.3 is 20.4 Å². The lowest BCUT2D eigenvalue weighted by Crippen LogP contribution is -2.50. The van der Waals surface area contributed by atoms with Crippen LogP contribution in [0.2, 0.25) is 0 Å². The lowest BCUT2D eigenvalue weighted by molar-refractivity contribution is -0.128. The smallest absolute Gasteiger partial charge is 0.257 e. The van der Waals surface area contributed by atoms with Crippen LogP contribution < -0.4 is 5.32 Å². The predicted molar refractivity (Wildman–Crippen MR) is 81.1 cm³/mol. The topological polar surface area (TPSA) is 89.9 Å². The second kappa shape index (κ2) is 7.67. The maximum atomic E-state index is 13.8. The number of benzene rings is 1. The van der Waals surface area contributed by atoms with Crippen molar-refractivity contribution in [3.05, 3.63) is 35.4 Å². The molecule has 1 heterocycles. The van der Waals surface area contributed by atoms with Gasteiger partial charge in [-0.25, -0.2) is 8.78 Å². The van der Waals surface area contributed by atoms with E-state index in [0.29, 0.717) is 12.6 Å². The zero-order valence-corrected chi connectivity index (χ0v) is 13.2. The minimum atomic E-state index is -1.47. The molecule has 0 aromatic heterocycles. The van der Waals surface area contributed by atoms with Gasteiger partial charge in [-0.2, -0.15) is 0 Å². The second-order valence-electron chi connectivity index (χ2n) is 5.73. The third-order valence-electron chi connectivity index (χ3n) is 3.96. The third kappa shape index (κ3) is 3.70. The average Bonchev–Trinajstić information content (AvgIpc) is 2.82. The van der Waals surface area contributed by atoms with Crippen molar-refractivity contribution in [3.63, 3.8) is 0 Å². The molecule has 0 aliphatic carbocycles. The number of nitrogens with one attached hydrogen (secondary N) is 1. The summed E-state index contributed by atoms with van der Waals surface area (Å²) in [4.78, 5) is 25.6. The monoisotopic (exact) mass is 342 g/mol. The summed E-state index contributed by atoms with van der Waals surface area (Å²) in [5.41, 5.74) is -0.427. The van der Waals surface area contributed by atoms with Gasteiger partial charge in [0.1, 0.15) is 29.9 Å². The first-order valence-corrected chi connectivity index (χ1v) is 7.76. The second-order valence-corrected chi connectivity index (χ2v) is 5.73. The van der Waals surface area contributed by atoms with Gasteiger partial charge >= 0.3 is 0 Å². The molecule has 0 spiro atoms. The van der Waals surface area contributed by atoms with Gasteiger partial charge in [-0.1, -0.05) is 13.3 Å². The van der Waals surface area contributed by atoms with Crippen LogP contribution >= 0.6 is 0 Å². The molecular formula is C16H20F2N2O4. The van der Waals surface area contributed by atoms with E-state index >= 15 is 0 Å². The Bertz CT molecular complexity index is 626. The molecule has 1 fully saturated rings. The molecule has 1 unspecified atom stereocenters. The lowest BCUT2D eigenvalue weighted by Gasteiger charge is -2.25. The average molecular weight is 342 g/mol. The van der Waals surface area contributed by atoms with Crippen molar-refractivity contribution in [2.24, 2.45) is 0 Å². The van der Waals surface area contributed by atoms with E-state index in [-0.39, 0.29) is 6.54 Å². The van der Waals surface area contributed by atoms with Crippen LogP contribution in [0.3, 0.4) is 0 Å². The van der Waals surface area contributed by atoms with E-state index in [9.17, 15) is 28.6 Å². The maximum absolute atomic E-state index is 13.8. The van der Waals surface area contributed by atoms with Crippen LogP contribution in [-0.4, -0.2) is 58.3 Å². The standard InChI is InChI=1S/C16H20F2N2O4/c1-2-3-6-19-15(23)13-14(22)12(21)8-20(13)16(24)10-5-4-9(17)7-11(10)18/h4-5,7,12-14,21-22H,2-3,6,8H2,1H3,(H,19,23)/t12-,13?,14+/m0/s1. The molecule has 1 aliphatic rings. The van der Waals surface area contributed by atoms with Gasteiger partial charge in [0.25, 0.3) is 5.91 Å². The van der Waals surface area contributed by atoms with E-state index in [1.54, 1.807) is 0 Å². The number of carbonyl (C=O) groups excluding carboxylic acids is 2. The van der Waals surface area contributed by atoms with Crippen molar-refractivity contribution in [3.8, 4) is 0 Å². The molecule has 0 saturated carbocycles. The van der Waals surface area contributed by atoms with E-state index < -0.39 is 47.3 Å². The Labute approximate surface area is 138 Å². The number of aliphatic hydroxyl groups excluding tert-OH is 2. The van der Waals surface area contributed by atoms with Crippen LogP contribution in [0, 0.1) is 11.6 Å². The normalized spacial score (nSPS) is 23.4. The Kier molecular flexibility index (Phi) is 5.84. The van der Waals surface area contributed by atoms with E-state index in [0.717, 1.165) is 29.9 Å². The summed E-state index contributed by atoms with van der Waals surface area (Å²) >= 11 is 0. The number of halogens is 2. The van der Waals surface area contributed by atoms with Crippen molar-refractivity contribution >= 4 is 11.8 Å². The van der Waals surface area contributed by atoms with Crippen LogP contribution in [0.15, 0.2) is 18.2 Å². The molecular weight excluding hydrogens is 322 g/mol. The van der Waals surface area contributed by atoms with Crippen molar-refractivity contribution in [1.82, 2.24) is 10.2 Å². The van der Waals surface area contributed by atoms with Crippen LogP contribution in [0.1, 0.15) is 30.1 Å².